The fourth-order valence-electron chi connectivity index (χ4n) is 6.10. The first-order chi connectivity index (χ1) is 33.2. The molecule has 0 aliphatic carbocycles. The minimum atomic E-state index is -4.78. The molecule has 11 nitrogen and oxygen atoms in total. The van der Waals surface area contributed by atoms with Crippen LogP contribution in [0.2, 0.25) is 0 Å². The summed E-state index contributed by atoms with van der Waals surface area (Å²) in [5, 5.41) is 9.76. The number of phosphoric ester groups is 1. The molecule has 2 N–H and O–H groups in total. The highest BCUT2D eigenvalue weighted by atomic mass is 31.2. The highest BCUT2D eigenvalue weighted by Crippen LogP contribution is 2.43. The number of aliphatic hydroxyl groups is 1. The van der Waals surface area contributed by atoms with Gasteiger partial charge >= 0.3 is 25.7 Å². The molecular formula is C56H89O11P. The first-order valence-corrected chi connectivity index (χ1v) is 26.9. The van der Waals surface area contributed by atoms with Crippen molar-refractivity contribution in [3.05, 3.63) is 122 Å². The van der Waals surface area contributed by atoms with Crippen LogP contribution < -0.4 is 0 Å². The quantitative estimate of drug-likeness (QED) is 0.0197. The molecule has 0 rings (SSSR count). The summed E-state index contributed by atoms with van der Waals surface area (Å²) in [5.41, 5.74) is 0. The number of carbonyl (C=O) groups excluding carboxylic acids is 3. The molecule has 68 heavy (non-hydrogen) atoms. The van der Waals surface area contributed by atoms with Gasteiger partial charge in [0.05, 0.1) is 19.8 Å². The van der Waals surface area contributed by atoms with Crippen LogP contribution in [0.3, 0.4) is 0 Å². The van der Waals surface area contributed by atoms with Crippen molar-refractivity contribution in [1.82, 2.24) is 0 Å². The van der Waals surface area contributed by atoms with E-state index in [1.54, 1.807) is 0 Å². The molecule has 0 heterocycles. The normalized spacial score (nSPS) is 14.5. The Labute approximate surface area is 411 Å². The number of carbonyl (C=O) groups is 3. The molecule has 0 aromatic heterocycles. The monoisotopic (exact) mass is 969 g/mol. The number of phosphoric acid groups is 1. The van der Waals surface area contributed by atoms with Crippen molar-refractivity contribution in [2.75, 3.05) is 26.4 Å². The fraction of sp³-hybridized carbons (Fsp3) is 0.589. The molecule has 3 atom stereocenters. The van der Waals surface area contributed by atoms with E-state index in [1.807, 2.05) is 12.2 Å². The lowest BCUT2D eigenvalue weighted by Gasteiger charge is -2.21. The van der Waals surface area contributed by atoms with E-state index in [2.05, 4.69) is 130 Å². The van der Waals surface area contributed by atoms with Gasteiger partial charge in [0.1, 0.15) is 12.7 Å². The predicted octanol–water partition coefficient (Wildman–Crippen LogP) is 14.5. The summed E-state index contributed by atoms with van der Waals surface area (Å²) in [4.78, 5) is 48.2. The Morgan fingerprint density at radius 3 is 1.18 bits per heavy atom. The standard InChI is InChI=1S/C56H89O11P/c1-4-7-10-13-16-19-22-25-26-29-32-35-38-41-44-47-56(60)67-53(49-63-54(58)45-42-39-36-33-30-27-23-20-17-14-11-8-5-2)51-65-68(61,62)64-50-52(48-57)66-55(59)46-43-40-37-34-31-28-24-21-18-15-12-9-6-3/h7-12,16-21,25-28,30-31,36,39,52-53,57H,4-6,13-15,22-24,29,32-35,37-38,40-51H2,1-3H3,(H,61,62)/b10-7-,11-8-,12-9-,19-16-,20-17-,21-18-,26-25-,30-27-,31-28-,39-36-. The summed E-state index contributed by atoms with van der Waals surface area (Å²) in [7, 11) is -4.78. The van der Waals surface area contributed by atoms with Gasteiger partial charge in [0.2, 0.25) is 0 Å². The maximum absolute atomic E-state index is 12.8. The van der Waals surface area contributed by atoms with Crippen LogP contribution in [0.25, 0.3) is 0 Å². The fourth-order valence-corrected chi connectivity index (χ4v) is 6.89. The second-order valence-electron chi connectivity index (χ2n) is 16.2. The topological polar surface area (TPSA) is 155 Å². The molecule has 0 bridgehead atoms. The van der Waals surface area contributed by atoms with Gasteiger partial charge in [-0.25, -0.2) is 4.57 Å². The van der Waals surface area contributed by atoms with Crippen LogP contribution >= 0.6 is 7.82 Å². The average Bonchev–Trinajstić information content (AvgIpc) is 3.32. The number of unbranched alkanes of at least 4 members (excludes halogenated alkanes) is 8. The van der Waals surface area contributed by atoms with E-state index in [9.17, 15) is 28.9 Å². The summed E-state index contributed by atoms with van der Waals surface area (Å²) < 4.78 is 39.2. The zero-order valence-corrected chi connectivity index (χ0v) is 42.9. The van der Waals surface area contributed by atoms with E-state index < -0.39 is 57.8 Å². The van der Waals surface area contributed by atoms with Crippen molar-refractivity contribution in [2.24, 2.45) is 0 Å². The Hall–Kier alpha value is -4.12. The zero-order valence-electron chi connectivity index (χ0n) is 42.0. The molecular weight excluding hydrogens is 880 g/mol. The Morgan fingerprint density at radius 2 is 0.750 bits per heavy atom. The Morgan fingerprint density at radius 1 is 0.412 bits per heavy atom. The molecule has 0 spiro atoms. The summed E-state index contributed by atoms with van der Waals surface area (Å²) in [5.74, 6) is -1.63. The van der Waals surface area contributed by atoms with Crippen LogP contribution in [0.1, 0.15) is 175 Å². The Kier molecular flexibility index (Phi) is 46.3. The molecule has 0 aliphatic rings. The van der Waals surface area contributed by atoms with Crippen LogP contribution in [0, 0.1) is 0 Å². The maximum Gasteiger partial charge on any atom is 0.472 e. The van der Waals surface area contributed by atoms with Crippen LogP contribution in [-0.4, -0.2) is 66.5 Å². The molecule has 0 radical (unpaired) electrons. The van der Waals surface area contributed by atoms with E-state index in [1.165, 1.54) is 0 Å². The first-order valence-electron chi connectivity index (χ1n) is 25.4. The number of aliphatic hydroxyl groups excluding tert-OH is 1. The predicted molar refractivity (Wildman–Crippen MR) is 279 cm³/mol. The summed E-state index contributed by atoms with van der Waals surface area (Å²) in [6, 6.07) is 0. The lowest BCUT2D eigenvalue weighted by Crippen LogP contribution is -2.30. The largest absolute Gasteiger partial charge is 0.472 e. The highest BCUT2D eigenvalue weighted by Gasteiger charge is 2.28. The molecule has 0 saturated heterocycles. The maximum atomic E-state index is 12.8. The summed E-state index contributed by atoms with van der Waals surface area (Å²) in [6.07, 6.45) is 59.1. The van der Waals surface area contributed by atoms with Gasteiger partial charge in [-0.15, -0.1) is 0 Å². The van der Waals surface area contributed by atoms with Gasteiger partial charge in [0, 0.05) is 19.3 Å². The number of hydrogen-bond acceptors (Lipinski definition) is 10. The van der Waals surface area contributed by atoms with Crippen molar-refractivity contribution in [3.8, 4) is 0 Å². The second kappa shape index (κ2) is 49.3. The van der Waals surface area contributed by atoms with E-state index in [0.717, 1.165) is 116 Å². The minimum Gasteiger partial charge on any atom is -0.462 e. The molecule has 0 fully saturated rings. The van der Waals surface area contributed by atoms with E-state index in [4.69, 9.17) is 23.3 Å². The number of allylic oxidation sites excluding steroid dienone is 20. The van der Waals surface area contributed by atoms with E-state index in [0.29, 0.717) is 19.3 Å². The molecule has 0 amide bonds. The first kappa shape index (κ1) is 63.9. The van der Waals surface area contributed by atoms with Crippen LogP contribution in [0.15, 0.2) is 122 Å². The van der Waals surface area contributed by atoms with Gasteiger partial charge < -0.3 is 24.2 Å². The minimum absolute atomic E-state index is 0.0928. The second-order valence-corrected chi connectivity index (χ2v) is 17.6. The van der Waals surface area contributed by atoms with Crippen molar-refractivity contribution in [1.29, 1.82) is 0 Å². The molecule has 0 aliphatic heterocycles. The van der Waals surface area contributed by atoms with Gasteiger partial charge in [-0.1, -0.05) is 168 Å². The zero-order chi connectivity index (χ0) is 49.9. The third kappa shape index (κ3) is 47.0. The molecule has 384 valence electrons. The van der Waals surface area contributed by atoms with Crippen molar-refractivity contribution >= 4 is 25.7 Å². The average molecular weight is 969 g/mol. The third-order valence-corrected chi connectivity index (χ3v) is 10.8. The number of rotatable bonds is 45. The molecule has 0 aromatic rings. The molecule has 3 unspecified atom stereocenters. The number of hydrogen-bond donors (Lipinski definition) is 2. The van der Waals surface area contributed by atoms with Crippen molar-refractivity contribution in [3.63, 3.8) is 0 Å². The van der Waals surface area contributed by atoms with Crippen LogP contribution in [0.5, 0.6) is 0 Å². The third-order valence-electron chi connectivity index (χ3n) is 9.87. The van der Waals surface area contributed by atoms with E-state index in [-0.39, 0.29) is 25.9 Å². The molecule has 0 aromatic carbocycles. The Bertz CT molecular complexity index is 1600. The number of ether oxygens (including phenoxy) is 3. The van der Waals surface area contributed by atoms with Gasteiger partial charge in [0.25, 0.3) is 0 Å². The number of esters is 3. The lowest BCUT2D eigenvalue weighted by atomic mass is 10.1. The summed E-state index contributed by atoms with van der Waals surface area (Å²) in [6.45, 7) is 4.12. The van der Waals surface area contributed by atoms with E-state index >= 15 is 0 Å². The highest BCUT2D eigenvalue weighted by molar-refractivity contribution is 7.47. The van der Waals surface area contributed by atoms with Crippen molar-refractivity contribution < 1.29 is 52.2 Å². The van der Waals surface area contributed by atoms with Gasteiger partial charge in [-0.2, -0.15) is 0 Å². The van der Waals surface area contributed by atoms with Crippen LogP contribution in [-0.2, 0) is 42.2 Å². The smallest absolute Gasteiger partial charge is 0.462 e. The lowest BCUT2D eigenvalue weighted by molar-refractivity contribution is -0.161. The van der Waals surface area contributed by atoms with Gasteiger partial charge in [-0.3, -0.25) is 23.4 Å². The molecule has 12 heteroatoms. The summed E-state index contributed by atoms with van der Waals surface area (Å²) >= 11 is 0. The SMILES string of the molecule is CC/C=C\C/C=C\C/C=C\C/C=C\CCC(=O)OCC(COP(=O)(O)OCC(CO)OC(=O)CCCCC/C=C\C/C=C\C/C=C\CC)OC(=O)CCCCCCC/C=C\C/C=C\C/C=C\CC. The van der Waals surface area contributed by atoms with Crippen LogP contribution in [0.4, 0.5) is 0 Å². The van der Waals surface area contributed by atoms with Gasteiger partial charge in [0.15, 0.2) is 6.10 Å². The molecule has 0 saturated carbocycles. The van der Waals surface area contributed by atoms with Gasteiger partial charge in [-0.05, 0) is 109 Å². The Balaban J connectivity index is 4.90. The van der Waals surface area contributed by atoms with Crippen molar-refractivity contribution in [2.45, 2.75) is 187 Å².